The van der Waals surface area contributed by atoms with Crippen molar-refractivity contribution in [2.45, 2.75) is 12.4 Å². The zero-order valence-corrected chi connectivity index (χ0v) is 17.8. The molecule has 0 atom stereocenters. The molecule has 0 fully saturated rings. The van der Waals surface area contributed by atoms with Crippen LogP contribution in [0.25, 0.3) is 27.6 Å². The second-order valence-corrected chi connectivity index (χ2v) is 7.95. The van der Waals surface area contributed by atoms with Crippen LogP contribution in [0.1, 0.15) is 21.5 Å². The van der Waals surface area contributed by atoms with Crippen LogP contribution in [0.5, 0.6) is 0 Å². The van der Waals surface area contributed by atoms with Crippen LogP contribution < -0.4 is 0 Å². The topological polar surface area (TPSA) is 90.9 Å². The summed E-state index contributed by atoms with van der Waals surface area (Å²) >= 11 is 0.998. The summed E-state index contributed by atoms with van der Waals surface area (Å²) in [5.74, 6) is 0. The summed E-state index contributed by atoms with van der Waals surface area (Å²) in [6.45, 7) is 0. The molecule has 0 saturated heterocycles. The third-order valence-electron chi connectivity index (χ3n) is 4.77. The summed E-state index contributed by atoms with van der Waals surface area (Å²) in [7, 11) is 0. The van der Waals surface area contributed by atoms with Gasteiger partial charge in [-0.1, -0.05) is 12.1 Å². The summed E-state index contributed by atoms with van der Waals surface area (Å²) in [5.41, 5.74) is -3.76. The summed E-state index contributed by atoms with van der Waals surface area (Å²) in [5, 5.41) is 16.7. The monoisotopic (exact) mass is 512 g/mol. The van der Waals surface area contributed by atoms with E-state index in [9.17, 15) is 41.3 Å². The molecule has 0 amide bonds. The molecule has 0 bridgehead atoms. The minimum atomic E-state index is -5.07. The minimum Gasteiger partial charge on any atom is -0.298 e. The Hall–Kier alpha value is -4.07. The molecule has 35 heavy (non-hydrogen) atoms. The second kappa shape index (κ2) is 8.61. The van der Waals surface area contributed by atoms with E-state index in [-0.39, 0.29) is 28.7 Å². The number of hydrogen-bond donors (Lipinski definition) is 0. The number of carbonyl (C=O) groups is 1. The number of non-ortho nitro benzene ring substituents is 1. The van der Waals surface area contributed by atoms with Crippen LogP contribution in [0.2, 0.25) is 0 Å². The molecule has 14 heteroatoms. The summed E-state index contributed by atoms with van der Waals surface area (Å²) in [6, 6.07) is 6.53. The van der Waals surface area contributed by atoms with Gasteiger partial charge < -0.3 is 0 Å². The lowest BCUT2D eigenvalue weighted by atomic mass is 10.0. The number of hydrogen-bond acceptors (Lipinski definition) is 6. The van der Waals surface area contributed by atoms with E-state index >= 15 is 0 Å². The number of aromatic nitrogens is 3. The molecule has 0 aliphatic rings. The molecule has 2 aromatic heterocycles. The molecule has 7 nitrogen and oxygen atoms in total. The lowest BCUT2D eigenvalue weighted by Gasteiger charge is -2.13. The molecule has 4 aromatic rings. The average Bonchev–Trinajstić information content (AvgIpc) is 3.45. The molecular formula is C21H10F6N4O3S. The van der Waals surface area contributed by atoms with Crippen LogP contribution in [0.4, 0.5) is 32.0 Å². The fourth-order valence-corrected chi connectivity index (χ4v) is 3.93. The van der Waals surface area contributed by atoms with Crippen LogP contribution in [-0.2, 0) is 12.4 Å². The van der Waals surface area contributed by atoms with Gasteiger partial charge >= 0.3 is 12.4 Å². The number of benzene rings is 2. The highest BCUT2D eigenvalue weighted by Crippen LogP contribution is 2.39. The van der Waals surface area contributed by atoms with Crippen LogP contribution >= 0.6 is 11.3 Å². The largest absolute Gasteiger partial charge is 0.416 e. The molecule has 0 saturated carbocycles. The van der Waals surface area contributed by atoms with Gasteiger partial charge in [0.05, 0.1) is 27.3 Å². The van der Waals surface area contributed by atoms with Crippen LogP contribution in [-0.4, -0.2) is 26.0 Å². The van der Waals surface area contributed by atoms with E-state index in [0.717, 1.165) is 22.2 Å². The fourth-order valence-electron chi connectivity index (χ4n) is 3.17. The minimum absolute atomic E-state index is 0.0206. The van der Waals surface area contributed by atoms with Crippen molar-refractivity contribution in [3.63, 3.8) is 0 Å². The third-order valence-corrected chi connectivity index (χ3v) is 5.60. The highest BCUT2D eigenvalue weighted by Gasteiger charge is 2.37. The SMILES string of the molecule is O=Cc1cn(-c2nc(-c3cccc([N+](=O)[O-])c3)cs2)nc1-c1cc(C(F)(F)F)cc(C(F)(F)F)c1. The number of alkyl halides is 6. The fraction of sp³-hybridized carbons (Fsp3) is 0.0952. The Bertz CT molecular complexity index is 1410. The number of nitrogens with zero attached hydrogens (tertiary/aromatic N) is 4. The first kappa shape index (κ1) is 24.1. The van der Waals surface area contributed by atoms with Crippen molar-refractivity contribution in [2.75, 3.05) is 0 Å². The van der Waals surface area contributed by atoms with E-state index in [1.807, 2.05) is 0 Å². The maximum absolute atomic E-state index is 13.2. The van der Waals surface area contributed by atoms with Gasteiger partial charge in [-0.05, 0) is 18.2 Å². The molecule has 0 aliphatic heterocycles. The lowest BCUT2D eigenvalue weighted by Crippen LogP contribution is -2.11. The number of rotatable bonds is 5. The molecule has 0 spiro atoms. The molecule has 2 heterocycles. The Labute approximate surface area is 195 Å². The summed E-state index contributed by atoms with van der Waals surface area (Å²) in [4.78, 5) is 26.2. The van der Waals surface area contributed by atoms with Crippen molar-refractivity contribution in [3.8, 4) is 27.6 Å². The number of aldehydes is 1. The molecule has 0 N–H and O–H groups in total. The van der Waals surface area contributed by atoms with Crippen molar-refractivity contribution < 1.29 is 36.1 Å². The van der Waals surface area contributed by atoms with Gasteiger partial charge in [0.1, 0.15) is 5.69 Å². The van der Waals surface area contributed by atoms with E-state index in [4.69, 9.17) is 0 Å². The molecule has 180 valence electrons. The molecule has 4 rings (SSSR count). The smallest absolute Gasteiger partial charge is 0.298 e. The Balaban J connectivity index is 1.79. The van der Waals surface area contributed by atoms with E-state index in [2.05, 4.69) is 10.1 Å². The van der Waals surface area contributed by atoms with E-state index in [1.54, 1.807) is 6.07 Å². The van der Waals surface area contributed by atoms with Gasteiger partial charge in [-0.3, -0.25) is 14.9 Å². The number of nitro groups is 1. The molecule has 0 aliphatic carbocycles. The van der Waals surface area contributed by atoms with Gasteiger partial charge in [-0.25, -0.2) is 9.67 Å². The first-order valence-electron chi connectivity index (χ1n) is 9.42. The number of thiazole rings is 1. The number of nitro benzene ring substituents is 1. The van der Waals surface area contributed by atoms with E-state index in [0.29, 0.717) is 23.4 Å². The predicted molar refractivity (Wildman–Crippen MR) is 112 cm³/mol. The van der Waals surface area contributed by atoms with E-state index < -0.39 is 39.7 Å². The van der Waals surface area contributed by atoms with Gasteiger partial charge in [0.25, 0.3) is 5.69 Å². The number of halogens is 6. The van der Waals surface area contributed by atoms with Crippen molar-refractivity contribution in [2.24, 2.45) is 0 Å². The van der Waals surface area contributed by atoms with Crippen LogP contribution in [0, 0.1) is 10.1 Å². The highest BCUT2D eigenvalue weighted by molar-refractivity contribution is 7.12. The number of carbonyl (C=O) groups excluding carboxylic acids is 1. The van der Waals surface area contributed by atoms with Crippen molar-refractivity contribution in [3.05, 3.63) is 80.8 Å². The summed E-state index contributed by atoms with van der Waals surface area (Å²) < 4.78 is 80.4. The van der Waals surface area contributed by atoms with E-state index in [1.165, 1.54) is 23.6 Å². The molecule has 0 unspecified atom stereocenters. The maximum Gasteiger partial charge on any atom is 0.416 e. The Kier molecular flexibility index (Phi) is 5.92. The van der Waals surface area contributed by atoms with Gasteiger partial charge in [0.15, 0.2) is 6.29 Å². The second-order valence-electron chi connectivity index (χ2n) is 7.11. The maximum atomic E-state index is 13.2. The van der Waals surface area contributed by atoms with Gasteiger partial charge in [-0.15, -0.1) is 11.3 Å². The van der Waals surface area contributed by atoms with Gasteiger partial charge in [0.2, 0.25) is 5.13 Å². The Morgan fingerprint density at radius 3 is 2.20 bits per heavy atom. The zero-order valence-electron chi connectivity index (χ0n) is 17.0. The normalized spacial score (nSPS) is 12.1. The molecular weight excluding hydrogens is 502 g/mol. The first-order chi connectivity index (χ1) is 16.4. The van der Waals surface area contributed by atoms with Crippen molar-refractivity contribution in [1.29, 1.82) is 0 Å². The molecule has 0 radical (unpaired) electrons. The standard InChI is InChI=1S/C21H10F6N4O3S/c22-20(23,24)14-4-12(5-15(7-14)21(25,26)27)18-13(9-32)8-30(29-18)19-28-17(10-35-19)11-2-1-3-16(6-11)31(33)34/h1-10H. The average molecular weight is 512 g/mol. The van der Waals surface area contributed by atoms with Crippen molar-refractivity contribution in [1.82, 2.24) is 14.8 Å². The van der Waals surface area contributed by atoms with Crippen LogP contribution in [0.15, 0.2) is 54.0 Å². The first-order valence-corrected chi connectivity index (χ1v) is 10.3. The van der Waals surface area contributed by atoms with Gasteiger partial charge in [-0.2, -0.15) is 31.4 Å². The Morgan fingerprint density at radius 2 is 1.63 bits per heavy atom. The zero-order chi connectivity index (χ0) is 25.5. The van der Waals surface area contributed by atoms with Crippen LogP contribution in [0.3, 0.4) is 0 Å². The van der Waals surface area contributed by atoms with Gasteiger partial charge in [0, 0.05) is 34.8 Å². The summed E-state index contributed by atoms with van der Waals surface area (Å²) in [6.07, 6.45) is -8.77. The highest BCUT2D eigenvalue weighted by atomic mass is 32.1. The quantitative estimate of drug-likeness (QED) is 0.133. The molecule has 2 aromatic carbocycles. The lowest BCUT2D eigenvalue weighted by molar-refractivity contribution is -0.384. The third kappa shape index (κ3) is 4.91. The Morgan fingerprint density at radius 1 is 0.971 bits per heavy atom. The predicted octanol–water partition coefficient (Wildman–Crippen LogP) is 6.42. The van der Waals surface area contributed by atoms with Crippen molar-refractivity contribution >= 4 is 23.3 Å².